The summed E-state index contributed by atoms with van der Waals surface area (Å²) in [5, 5.41) is 6.92. The smallest absolute Gasteiger partial charge is 0.243 e. The zero-order chi connectivity index (χ0) is 14.7. The van der Waals surface area contributed by atoms with Crippen molar-refractivity contribution >= 4 is 34.5 Å². The van der Waals surface area contributed by atoms with Crippen LogP contribution >= 0.6 is 22.7 Å². The maximum atomic E-state index is 12.3. The van der Waals surface area contributed by atoms with E-state index >= 15 is 0 Å². The van der Waals surface area contributed by atoms with Crippen LogP contribution in [0.5, 0.6) is 0 Å². The number of hydrogen-bond acceptors (Lipinski definition) is 4. The molecule has 1 N–H and O–H groups in total. The Bertz CT molecular complexity index is 608. The lowest BCUT2D eigenvalue weighted by atomic mass is 10.2. The number of carbonyl (C=O) groups is 2. The first-order valence-corrected chi connectivity index (χ1v) is 8.62. The Balaban J connectivity index is 1.62. The molecular formula is C15H16N2O2S2. The van der Waals surface area contributed by atoms with Crippen molar-refractivity contribution in [3.8, 4) is 0 Å². The van der Waals surface area contributed by atoms with Gasteiger partial charge >= 0.3 is 0 Å². The molecule has 0 aliphatic carbocycles. The molecule has 0 saturated carbocycles. The van der Waals surface area contributed by atoms with Gasteiger partial charge in [-0.1, -0.05) is 12.1 Å². The van der Waals surface area contributed by atoms with Gasteiger partial charge in [-0.05, 0) is 29.3 Å². The second kappa shape index (κ2) is 6.41. The van der Waals surface area contributed by atoms with Gasteiger partial charge in [0.2, 0.25) is 11.8 Å². The lowest BCUT2D eigenvalue weighted by Gasteiger charge is -2.23. The fourth-order valence-electron chi connectivity index (χ4n) is 2.48. The first-order chi connectivity index (χ1) is 10.2. The van der Waals surface area contributed by atoms with Crippen LogP contribution in [0.4, 0.5) is 0 Å². The van der Waals surface area contributed by atoms with Gasteiger partial charge in [-0.25, -0.2) is 0 Å². The molecule has 110 valence electrons. The molecule has 1 atom stereocenters. The molecule has 2 aromatic rings. The van der Waals surface area contributed by atoms with Gasteiger partial charge in [0.15, 0.2) is 0 Å². The Morgan fingerprint density at radius 1 is 1.24 bits per heavy atom. The second-order valence-corrected chi connectivity index (χ2v) is 7.02. The summed E-state index contributed by atoms with van der Waals surface area (Å²) in [6.45, 7) is 1.07. The molecule has 1 saturated heterocycles. The van der Waals surface area contributed by atoms with Crippen molar-refractivity contribution in [1.82, 2.24) is 10.2 Å². The highest BCUT2D eigenvalue weighted by atomic mass is 32.1. The highest BCUT2D eigenvalue weighted by Crippen LogP contribution is 2.23. The number of nitrogens with one attached hydrogen (secondary N) is 1. The van der Waals surface area contributed by atoms with Gasteiger partial charge < -0.3 is 10.2 Å². The van der Waals surface area contributed by atoms with Gasteiger partial charge in [0.25, 0.3) is 0 Å². The third-order valence-electron chi connectivity index (χ3n) is 3.55. The quantitative estimate of drug-likeness (QED) is 0.920. The average Bonchev–Trinajstić information content (AvgIpc) is 3.21. The molecule has 1 fully saturated rings. The summed E-state index contributed by atoms with van der Waals surface area (Å²) in [5.74, 6) is 0.0190. The number of carbonyl (C=O) groups excluding carboxylic acids is 2. The van der Waals surface area contributed by atoms with E-state index < -0.39 is 0 Å². The van der Waals surface area contributed by atoms with E-state index in [9.17, 15) is 9.59 Å². The number of hydrogen-bond donors (Lipinski definition) is 1. The van der Waals surface area contributed by atoms with Gasteiger partial charge in [0.1, 0.15) is 6.04 Å². The van der Waals surface area contributed by atoms with Crippen molar-refractivity contribution in [2.45, 2.75) is 32.0 Å². The first-order valence-electron chi connectivity index (χ1n) is 6.86. The molecule has 3 heterocycles. The molecule has 3 rings (SSSR count). The summed E-state index contributed by atoms with van der Waals surface area (Å²) in [6.07, 6.45) is 1.07. The molecule has 2 aromatic heterocycles. The summed E-state index contributed by atoms with van der Waals surface area (Å²) in [6, 6.07) is 7.59. The molecule has 0 bridgehead atoms. The topological polar surface area (TPSA) is 49.4 Å². The zero-order valence-electron chi connectivity index (χ0n) is 11.5. The van der Waals surface area contributed by atoms with Crippen LogP contribution in [0.1, 0.15) is 22.6 Å². The average molecular weight is 320 g/mol. The van der Waals surface area contributed by atoms with Crippen LogP contribution in [-0.2, 0) is 22.7 Å². The number of rotatable bonds is 5. The van der Waals surface area contributed by atoms with Crippen molar-refractivity contribution in [3.63, 3.8) is 0 Å². The van der Waals surface area contributed by atoms with E-state index in [0.717, 1.165) is 9.75 Å². The monoisotopic (exact) mass is 320 g/mol. The Hall–Kier alpha value is -1.66. The molecule has 0 unspecified atom stereocenters. The predicted octanol–water partition coefficient (Wildman–Crippen LogP) is 2.62. The first kappa shape index (κ1) is 14.3. The minimum atomic E-state index is -0.334. The molecule has 0 radical (unpaired) electrons. The molecule has 21 heavy (non-hydrogen) atoms. The summed E-state index contributed by atoms with van der Waals surface area (Å²) in [4.78, 5) is 28.3. The van der Waals surface area contributed by atoms with E-state index in [-0.39, 0.29) is 17.9 Å². The van der Waals surface area contributed by atoms with Crippen LogP contribution in [-0.4, -0.2) is 22.8 Å². The minimum Gasteiger partial charge on any atom is -0.349 e. The number of thiophene rings is 2. The Morgan fingerprint density at radius 3 is 2.62 bits per heavy atom. The largest absolute Gasteiger partial charge is 0.349 e. The van der Waals surface area contributed by atoms with Crippen molar-refractivity contribution in [2.75, 3.05) is 0 Å². The van der Waals surface area contributed by atoms with E-state index in [2.05, 4.69) is 5.32 Å². The minimum absolute atomic E-state index is 0.0502. The van der Waals surface area contributed by atoms with Crippen molar-refractivity contribution < 1.29 is 9.59 Å². The molecule has 4 nitrogen and oxygen atoms in total. The molecule has 0 spiro atoms. The van der Waals surface area contributed by atoms with Gasteiger partial charge in [-0.15, -0.1) is 22.7 Å². The summed E-state index contributed by atoms with van der Waals surface area (Å²) >= 11 is 3.23. The highest BCUT2D eigenvalue weighted by molar-refractivity contribution is 7.10. The van der Waals surface area contributed by atoms with E-state index in [1.54, 1.807) is 27.6 Å². The molecule has 1 aliphatic rings. The summed E-state index contributed by atoms with van der Waals surface area (Å²) in [5.41, 5.74) is 0. The Labute approximate surface area is 131 Å². The number of nitrogens with zero attached hydrogens (tertiary/aromatic N) is 1. The Kier molecular flexibility index (Phi) is 4.36. The summed E-state index contributed by atoms with van der Waals surface area (Å²) in [7, 11) is 0. The van der Waals surface area contributed by atoms with Gasteiger partial charge in [-0.2, -0.15) is 0 Å². The predicted molar refractivity (Wildman–Crippen MR) is 84.1 cm³/mol. The second-order valence-electron chi connectivity index (χ2n) is 4.95. The lowest BCUT2D eigenvalue weighted by Crippen LogP contribution is -2.43. The van der Waals surface area contributed by atoms with Crippen LogP contribution in [0.25, 0.3) is 0 Å². The van der Waals surface area contributed by atoms with Crippen LogP contribution in [0, 0.1) is 0 Å². The van der Waals surface area contributed by atoms with E-state index in [1.165, 1.54) is 0 Å². The fraction of sp³-hybridized carbons (Fsp3) is 0.333. The van der Waals surface area contributed by atoms with Crippen LogP contribution in [0.3, 0.4) is 0 Å². The van der Waals surface area contributed by atoms with E-state index in [0.29, 0.717) is 25.9 Å². The van der Waals surface area contributed by atoms with Gasteiger partial charge in [0, 0.05) is 16.2 Å². The molecule has 1 aliphatic heterocycles. The Morgan fingerprint density at radius 2 is 1.95 bits per heavy atom. The highest BCUT2D eigenvalue weighted by Gasteiger charge is 2.35. The van der Waals surface area contributed by atoms with E-state index in [1.807, 2.05) is 35.0 Å². The summed E-state index contributed by atoms with van der Waals surface area (Å²) < 4.78 is 0. The van der Waals surface area contributed by atoms with Gasteiger partial charge in [-0.3, -0.25) is 9.59 Å². The number of likely N-dealkylation sites (tertiary alicyclic amines) is 1. The number of amides is 2. The van der Waals surface area contributed by atoms with Crippen LogP contribution < -0.4 is 5.32 Å². The van der Waals surface area contributed by atoms with Gasteiger partial charge in [0.05, 0.1) is 13.1 Å². The molecule has 2 amide bonds. The zero-order valence-corrected chi connectivity index (χ0v) is 13.1. The van der Waals surface area contributed by atoms with Crippen LogP contribution in [0.2, 0.25) is 0 Å². The third-order valence-corrected chi connectivity index (χ3v) is 5.29. The maximum absolute atomic E-state index is 12.3. The van der Waals surface area contributed by atoms with Crippen molar-refractivity contribution in [1.29, 1.82) is 0 Å². The molecule has 6 heteroatoms. The van der Waals surface area contributed by atoms with E-state index in [4.69, 9.17) is 0 Å². The lowest BCUT2D eigenvalue weighted by molar-refractivity contribution is -0.135. The van der Waals surface area contributed by atoms with Crippen LogP contribution in [0.15, 0.2) is 35.0 Å². The maximum Gasteiger partial charge on any atom is 0.243 e. The standard InChI is InChI=1S/C15H16N2O2S2/c18-14-6-5-13(17(14)10-12-4-2-8-21-12)15(19)16-9-11-3-1-7-20-11/h1-4,7-8,13H,5-6,9-10H2,(H,16,19)/t13-/m0/s1. The fourth-order valence-corrected chi connectivity index (χ4v) is 3.83. The van der Waals surface area contributed by atoms with Crippen molar-refractivity contribution in [3.05, 3.63) is 44.8 Å². The van der Waals surface area contributed by atoms with Crippen molar-refractivity contribution in [2.24, 2.45) is 0 Å². The molecular weight excluding hydrogens is 304 g/mol. The third kappa shape index (κ3) is 3.33. The SMILES string of the molecule is O=C(NCc1cccs1)[C@@H]1CCC(=O)N1Cc1cccs1. The molecule has 0 aromatic carbocycles. The normalized spacial score (nSPS) is 18.2.